The summed E-state index contributed by atoms with van der Waals surface area (Å²) in [5.41, 5.74) is 2.95. The van der Waals surface area contributed by atoms with Crippen molar-refractivity contribution in [3.63, 3.8) is 0 Å². The Hall–Kier alpha value is -0.880. The molecule has 5 nitrogen and oxygen atoms in total. The van der Waals surface area contributed by atoms with Crippen molar-refractivity contribution >= 4 is 15.9 Å². The molecule has 2 aliphatic carbocycles. The van der Waals surface area contributed by atoms with E-state index in [0.29, 0.717) is 19.3 Å². The lowest BCUT2D eigenvalue weighted by molar-refractivity contribution is -0.423. The molecule has 0 aromatic rings. The summed E-state index contributed by atoms with van der Waals surface area (Å²) in [5.74, 6) is -0.500. The third-order valence-electron chi connectivity index (χ3n) is 3.70. The first kappa shape index (κ1) is 11.6. The number of rotatable bonds is 4. The van der Waals surface area contributed by atoms with E-state index in [4.69, 9.17) is 0 Å². The summed E-state index contributed by atoms with van der Waals surface area (Å²) in [6.07, 6.45) is 3.46. The lowest BCUT2D eigenvalue weighted by atomic mass is 10.2. The molecule has 0 aromatic carbocycles. The highest BCUT2D eigenvalue weighted by Crippen LogP contribution is 2.44. The fraction of sp³-hybridized carbons (Fsp3) is 0.700. The first-order valence-corrected chi connectivity index (χ1v) is 6.78. The molecule has 90 valence electrons. The van der Waals surface area contributed by atoms with Gasteiger partial charge in [0.05, 0.1) is 4.75 Å². The lowest BCUT2D eigenvalue weighted by Gasteiger charge is -2.13. The van der Waals surface area contributed by atoms with Crippen LogP contribution >= 0.6 is 0 Å². The third-order valence-corrected chi connectivity index (χ3v) is 5.86. The van der Waals surface area contributed by atoms with Crippen LogP contribution in [0.15, 0.2) is 12.7 Å². The minimum Gasteiger partial charge on any atom is -0.344 e. The topological polar surface area (TPSA) is 90.9 Å². The maximum atomic E-state index is 11.8. The normalized spacial score (nSPS) is 35.2. The van der Waals surface area contributed by atoms with Gasteiger partial charge < -0.3 is 5.73 Å². The van der Waals surface area contributed by atoms with Crippen LogP contribution in [0.3, 0.4) is 0 Å². The van der Waals surface area contributed by atoms with E-state index in [-0.39, 0.29) is 5.92 Å². The Morgan fingerprint density at radius 1 is 1.56 bits per heavy atom. The van der Waals surface area contributed by atoms with Crippen LogP contribution in [-0.4, -0.2) is 24.6 Å². The van der Waals surface area contributed by atoms with Crippen LogP contribution < -0.4 is 10.5 Å². The first-order chi connectivity index (χ1) is 7.25. The molecule has 0 radical (unpaired) electrons. The Balaban J connectivity index is 2.07. The Kier molecular flexibility index (Phi) is 2.23. The van der Waals surface area contributed by atoms with E-state index in [1.54, 1.807) is 13.0 Å². The molecule has 2 fully saturated rings. The highest BCUT2D eigenvalue weighted by molar-refractivity contribution is 7.91. The predicted molar refractivity (Wildman–Crippen MR) is 58.6 cm³/mol. The fourth-order valence-corrected chi connectivity index (χ4v) is 3.03. The average Bonchev–Trinajstić information content (AvgIpc) is 3.04. The maximum Gasteiger partial charge on any atom is 0.295 e. The summed E-state index contributed by atoms with van der Waals surface area (Å²) in [6, 6.07) is 0. The summed E-state index contributed by atoms with van der Waals surface area (Å²) in [6.45, 7) is 5.24. The Morgan fingerprint density at radius 3 is 2.50 bits per heavy atom. The molecule has 2 saturated carbocycles. The van der Waals surface area contributed by atoms with Crippen molar-refractivity contribution in [1.29, 1.82) is 0 Å². The summed E-state index contributed by atoms with van der Waals surface area (Å²) in [5, 5.41) is 0. The van der Waals surface area contributed by atoms with E-state index < -0.39 is 26.2 Å². The van der Waals surface area contributed by atoms with Gasteiger partial charge in [-0.05, 0) is 19.8 Å². The molecule has 0 heterocycles. The van der Waals surface area contributed by atoms with Gasteiger partial charge in [0.25, 0.3) is 5.91 Å². The number of quaternary nitrogens is 1. The van der Waals surface area contributed by atoms with Crippen molar-refractivity contribution in [3.05, 3.63) is 12.7 Å². The highest BCUT2D eigenvalue weighted by atomic mass is 32.2. The molecule has 2 rings (SSSR count). The van der Waals surface area contributed by atoms with Crippen molar-refractivity contribution < 1.29 is 18.9 Å². The molecule has 2 atom stereocenters. The zero-order chi connectivity index (χ0) is 12.2. The zero-order valence-corrected chi connectivity index (χ0v) is 10.1. The van der Waals surface area contributed by atoms with Gasteiger partial charge in [0.15, 0.2) is 5.54 Å². The average molecular weight is 245 g/mol. The Bertz CT molecular complexity index is 453. The SMILES string of the molecule is C=C[C@@H]1C[C@]1([NH3+])C(=O)NS(=O)(=O)C1(C)CC1. The monoisotopic (exact) mass is 245 g/mol. The van der Waals surface area contributed by atoms with Crippen LogP contribution in [-0.2, 0) is 14.8 Å². The van der Waals surface area contributed by atoms with E-state index in [9.17, 15) is 13.2 Å². The van der Waals surface area contributed by atoms with Crippen LogP contribution in [0.2, 0.25) is 0 Å². The Labute approximate surface area is 95.1 Å². The molecular weight excluding hydrogens is 228 g/mol. The predicted octanol–water partition coefficient (Wildman–Crippen LogP) is -0.828. The van der Waals surface area contributed by atoms with E-state index >= 15 is 0 Å². The molecule has 1 amide bonds. The van der Waals surface area contributed by atoms with Gasteiger partial charge in [-0.15, -0.1) is 6.58 Å². The standard InChI is InChI=1S/C10H16N2O3S/c1-3-7-6-10(7,11)8(13)12-16(14,15)9(2)4-5-9/h3,7H,1,4-6,11H2,2H3,(H,12,13)/p+1/t7-,10-/m1/s1. The molecule has 16 heavy (non-hydrogen) atoms. The Morgan fingerprint density at radius 2 is 2.12 bits per heavy atom. The van der Waals surface area contributed by atoms with Crippen LogP contribution in [0.25, 0.3) is 0 Å². The molecule has 0 spiro atoms. The first-order valence-electron chi connectivity index (χ1n) is 5.30. The quantitative estimate of drug-likeness (QED) is 0.633. The van der Waals surface area contributed by atoms with Crippen molar-refractivity contribution in [2.24, 2.45) is 5.92 Å². The number of carbonyl (C=O) groups is 1. The molecule has 0 aromatic heterocycles. The molecule has 0 bridgehead atoms. The largest absolute Gasteiger partial charge is 0.344 e. The van der Waals surface area contributed by atoms with Gasteiger partial charge in [-0.2, -0.15) is 0 Å². The van der Waals surface area contributed by atoms with Gasteiger partial charge in [0.2, 0.25) is 10.0 Å². The number of nitrogens with one attached hydrogen (secondary N) is 1. The third kappa shape index (κ3) is 1.56. The second-order valence-electron chi connectivity index (χ2n) is 5.09. The number of sulfonamides is 1. The molecular formula is C10H17N2O3S+. The van der Waals surface area contributed by atoms with Crippen LogP contribution in [0, 0.1) is 5.92 Å². The van der Waals surface area contributed by atoms with Gasteiger partial charge in [-0.25, -0.2) is 13.1 Å². The highest BCUT2D eigenvalue weighted by Gasteiger charge is 2.62. The number of carbonyl (C=O) groups excluding carboxylic acids is 1. The van der Waals surface area contributed by atoms with Gasteiger partial charge >= 0.3 is 0 Å². The van der Waals surface area contributed by atoms with E-state index in [1.165, 1.54) is 0 Å². The maximum absolute atomic E-state index is 11.8. The van der Waals surface area contributed by atoms with Gasteiger partial charge in [0, 0.05) is 12.3 Å². The smallest absolute Gasteiger partial charge is 0.295 e. The minimum atomic E-state index is -3.53. The molecule has 2 aliphatic rings. The van der Waals surface area contributed by atoms with Gasteiger partial charge in [0.1, 0.15) is 0 Å². The fourth-order valence-electron chi connectivity index (χ4n) is 1.70. The zero-order valence-electron chi connectivity index (χ0n) is 9.32. The van der Waals surface area contributed by atoms with Crippen molar-refractivity contribution in [1.82, 2.24) is 4.72 Å². The van der Waals surface area contributed by atoms with Crippen LogP contribution in [0.4, 0.5) is 0 Å². The van der Waals surface area contributed by atoms with Gasteiger partial charge in [-0.3, -0.25) is 4.79 Å². The molecule has 0 saturated heterocycles. The lowest BCUT2D eigenvalue weighted by Crippen LogP contribution is -2.72. The van der Waals surface area contributed by atoms with Crippen molar-refractivity contribution in [2.75, 3.05) is 0 Å². The van der Waals surface area contributed by atoms with Crippen molar-refractivity contribution in [2.45, 2.75) is 36.5 Å². The summed E-state index contributed by atoms with van der Waals surface area (Å²) < 4.78 is 25.0. The molecule has 0 unspecified atom stereocenters. The van der Waals surface area contributed by atoms with E-state index in [2.05, 4.69) is 17.0 Å². The number of hydrogen-bond acceptors (Lipinski definition) is 3. The summed E-state index contributed by atoms with van der Waals surface area (Å²) >= 11 is 0. The van der Waals surface area contributed by atoms with Crippen LogP contribution in [0.5, 0.6) is 0 Å². The molecule has 0 aliphatic heterocycles. The number of amides is 1. The number of hydrogen-bond donors (Lipinski definition) is 2. The second-order valence-corrected chi connectivity index (χ2v) is 7.28. The van der Waals surface area contributed by atoms with Crippen LogP contribution in [0.1, 0.15) is 26.2 Å². The van der Waals surface area contributed by atoms with Gasteiger partial charge in [-0.1, -0.05) is 6.08 Å². The summed E-state index contributed by atoms with van der Waals surface area (Å²) in [7, 11) is -3.53. The van der Waals surface area contributed by atoms with E-state index in [1.807, 2.05) is 0 Å². The van der Waals surface area contributed by atoms with Crippen molar-refractivity contribution in [3.8, 4) is 0 Å². The minimum absolute atomic E-state index is 0.00490. The molecule has 4 N–H and O–H groups in total. The van der Waals surface area contributed by atoms with E-state index in [0.717, 1.165) is 0 Å². The molecule has 6 heteroatoms. The second kappa shape index (κ2) is 3.07. The summed E-state index contributed by atoms with van der Waals surface area (Å²) in [4.78, 5) is 11.8.